The first-order valence-electron chi connectivity index (χ1n) is 6.32. The van der Waals surface area contributed by atoms with Crippen molar-refractivity contribution in [3.8, 4) is 0 Å². The van der Waals surface area contributed by atoms with Gasteiger partial charge in [0.25, 0.3) is 0 Å². The number of hydrogen-bond acceptors (Lipinski definition) is 3. The van der Waals surface area contributed by atoms with Crippen LogP contribution in [0.25, 0.3) is 10.9 Å². The van der Waals surface area contributed by atoms with Crippen molar-refractivity contribution in [3.63, 3.8) is 0 Å². The van der Waals surface area contributed by atoms with Crippen molar-refractivity contribution in [3.05, 3.63) is 66.1 Å². The molecule has 1 N–H and O–H groups in total. The Balaban J connectivity index is 1.84. The zero-order chi connectivity index (χ0) is 13.1. The summed E-state index contributed by atoms with van der Waals surface area (Å²) in [5, 5.41) is 4.56. The Kier molecular flexibility index (Phi) is 3.11. The van der Waals surface area contributed by atoms with Crippen LogP contribution in [0.4, 0.5) is 5.69 Å². The van der Waals surface area contributed by atoms with Crippen molar-refractivity contribution >= 4 is 16.6 Å². The molecule has 0 aliphatic carbocycles. The molecule has 0 radical (unpaired) electrons. The number of fused-ring (bicyclic) bond motifs is 1. The highest BCUT2D eigenvalue weighted by molar-refractivity contribution is 5.91. The largest absolute Gasteiger partial charge is 0.379 e. The maximum Gasteiger partial charge on any atom is 0.0722 e. The van der Waals surface area contributed by atoms with Crippen LogP contribution in [0.15, 0.2) is 54.9 Å². The molecule has 0 aliphatic rings. The molecule has 0 saturated heterocycles. The average Bonchev–Trinajstić information content (AvgIpc) is 2.47. The Bertz CT molecular complexity index is 684. The molecule has 0 fully saturated rings. The predicted molar refractivity (Wildman–Crippen MR) is 78.0 cm³/mol. The minimum atomic E-state index is 0.717. The number of pyridine rings is 2. The van der Waals surface area contributed by atoms with Gasteiger partial charge in [0.2, 0.25) is 0 Å². The molecule has 3 nitrogen and oxygen atoms in total. The molecule has 3 aromatic rings. The SMILES string of the molecule is Cc1ccc(CNc2cccc3ncccc23)nc1. The van der Waals surface area contributed by atoms with E-state index in [1.165, 1.54) is 5.56 Å². The third-order valence-corrected chi connectivity index (χ3v) is 3.08. The number of aryl methyl sites for hydroxylation is 1. The van der Waals surface area contributed by atoms with Gasteiger partial charge in [-0.25, -0.2) is 0 Å². The molecule has 0 unspecified atom stereocenters. The summed E-state index contributed by atoms with van der Waals surface area (Å²) in [6, 6.07) is 14.3. The lowest BCUT2D eigenvalue weighted by atomic mass is 10.2. The van der Waals surface area contributed by atoms with Crippen molar-refractivity contribution < 1.29 is 0 Å². The molecule has 0 amide bonds. The van der Waals surface area contributed by atoms with Crippen LogP contribution in [-0.2, 0) is 6.54 Å². The molecule has 2 heterocycles. The van der Waals surface area contributed by atoms with E-state index in [1.807, 2.05) is 43.6 Å². The van der Waals surface area contributed by atoms with Gasteiger partial charge in [-0.3, -0.25) is 9.97 Å². The molecule has 0 spiro atoms. The molecular weight excluding hydrogens is 234 g/mol. The van der Waals surface area contributed by atoms with Crippen LogP contribution in [-0.4, -0.2) is 9.97 Å². The molecule has 3 heteroatoms. The Morgan fingerprint density at radius 3 is 2.79 bits per heavy atom. The van der Waals surface area contributed by atoms with Crippen LogP contribution < -0.4 is 5.32 Å². The highest BCUT2D eigenvalue weighted by Crippen LogP contribution is 2.21. The number of rotatable bonds is 3. The van der Waals surface area contributed by atoms with E-state index in [-0.39, 0.29) is 0 Å². The zero-order valence-electron chi connectivity index (χ0n) is 10.8. The lowest BCUT2D eigenvalue weighted by Crippen LogP contribution is -2.02. The zero-order valence-corrected chi connectivity index (χ0v) is 10.8. The molecule has 19 heavy (non-hydrogen) atoms. The third-order valence-electron chi connectivity index (χ3n) is 3.08. The van der Waals surface area contributed by atoms with Gasteiger partial charge in [0.1, 0.15) is 0 Å². The van der Waals surface area contributed by atoms with E-state index >= 15 is 0 Å². The number of nitrogens with one attached hydrogen (secondary N) is 1. The summed E-state index contributed by atoms with van der Waals surface area (Å²) in [5.74, 6) is 0. The van der Waals surface area contributed by atoms with Crippen molar-refractivity contribution in [2.24, 2.45) is 0 Å². The van der Waals surface area contributed by atoms with Gasteiger partial charge >= 0.3 is 0 Å². The summed E-state index contributed by atoms with van der Waals surface area (Å²) >= 11 is 0. The van der Waals surface area contributed by atoms with Crippen LogP contribution in [0, 0.1) is 6.92 Å². The Morgan fingerprint density at radius 2 is 1.95 bits per heavy atom. The smallest absolute Gasteiger partial charge is 0.0722 e. The summed E-state index contributed by atoms with van der Waals surface area (Å²) in [7, 11) is 0. The van der Waals surface area contributed by atoms with Crippen molar-refractivity contribution in [2.75, 3.05) is 5.32 Å². The van der Waals surface area contributed by atoms with Gasteiger partial charge in [0.15, 0.2) is 0 Å². The quantitative estimate of drug-likeness (QED) is 0.771. The first kappa shape index (κ1) is 11.7. The maximum atomic E-state index is 4.40. The van der Waals surface area contributed by atoms with Gasteiger partial charge in [-0.1, -0.05) is 12.1 Å². The highest BCUT2D eigenvalue weighted by Gasteiger charge is 2.01. The van der Waals surface area contributed by atoms with Crippen molar-refractivity contribution in [2.45, 2.75) is 13.5 Å². The molecule has 2 aromatic heterocycles. The third kappa shape index (κ3) is 2.55. The van der Waals surface area contributed by atoms with E-state index in [9.17, 15) is 0 Å². The second-order valence-corrected chi connectivity index (χ2v) is 4.56. The van der Waals surface area contributed by atoms with Gasteiger partial charge < -0.3 is 5.32 Å². The fourth-order valence-electron chi connectivity index (χ4n) is 2.05. The predicted octanol–water partition coefficient (Wildman–Crippen LogP) is 3.55. The van der Waals surface area contributed by atoms with E-state index in [0.717, 1.165) is 22.3 Å². The van der Waals surface area contributed by atoms with Gasteiger partial charge in [-0.05, 0) is 42.8 Å². The number of hydrogen-bond donors (Lipinski definition) is 1. The Labute approximate surface area is 112 Å². The van der Waals surface area contributed by atoms with Crippen molar-refractivity contribution in [1.29, 1.82) is 0 Å². The molecule has 0 atom stereocenters. The van der Waals surface area contributed by atoms with Crippen LogP contribution in [0.2, 0.25) is 0 Å². The summed E-state index contributed by atoms with van der Waals surface area (Å²) in [6.45, 7) is 2.76. The Morgan fingerprint density at radius 1 is 1.00 bits per heavy atom. The number of aromatic nitrogens is 2. The van der Waals surface area contributed by atoms with E-state index < -0.39 is 0 Å². The summed E-state index contributed by atoms with van der Waals surface area (Å²) in [4.78, 5) is 8.75. The molecular formula is C16H15N3. The average molecular weight is 249 g/mol. The van der Waals surface area contributed by atoms with E-state index in [1.54, 1.807) is 0 Å². The second-order valence-electron chi connectivity index (χ2n) is 4.56. The lowest BCUT2D eigenvalue weighted by Gasteiger charge is -2.09. The maximum absolute atomic E-state index is 4.40. The fourth-order valence-corrected chi connectivity index (χ4v) is 2.05. The minimum absolute atomic E-state index is 0.717. The highest BCUT2D eigenvalue weighted by atomic mass is 14.9. The minimum Gasteiger partial charge on any atom is -0.379 e. The van der Waals surface area contributed by atoms with E-state index in [0.29, 0.717) is 6.54 Å². The van der Waals surface area contributed by atoms with Gasteiger partial charge in [-0.2, -0.15) is 0 Å². The van der Waals surface area contributed by atoms with Crippen LogP contribution in [0.5, 0.6) is 0 Å². The molecule has 1 aromatic carbocycles. The summed E-state index contributed by atoms with van der Waals surface area (Å²) in [5.41, 5.74) is 4.31. The summed E-state index contributed by atoms with van der Waals surface area (Å²) in [6.07, 6.45) is 3.70. The second kappa shape index (κ2) is 5.06. The number of anilines is 1. The van der Waals surface area contributed by atoms with Crippen LogP contribution in [0.1, 0.15) is 11.3 Å². The van der Waals surface area contributed by atoms with Crippen LogP contribution in [0.3, 0.4) is 0 Å². The summed E-state index contributed by atoms with van der Waals surface area (Å²) < 4.78 is 0. The first-order chi connectivity index (χ1) is 9.33. The molecule has 3 rings (SSSR count). The monoisotopic (exact) mass is 249 g/mol. The van der Waals surface area contributed by atoms with Gasteiger partial charge in [0.05, 0.1) is 17.8 Å². The number of nitrogens with zero attached hydrogens (tertiary/aromatic N) is 2. The first-order valence-corrected chi connectivity index (χ1v) is 6.32. The standard InChI is InChI=1S/C16H15N3/c1-12-7-8-13(18-10-12)11-19-16-6-2-5-15-14(16)4-3-9-17-15/h2-10,19H,11H2,1H3. The van der Waals surface area contributed by atoms with Gasteiger partial charge in [-0.15, -0.1) is 0 Å². The molecule has 0 bridgehead atoms. The fraction of sp³-hybridized carbons (Fsp3) is 0.125. The topological polar surface area (TPSA) is 37.8 Å². The number of benzene rings is 1. The van der Waals surface area contributed by atoms with Crippen molar-refractivity contribution in [1.82, 2.24) is 9.97 Å². The van der Waals surface area contributed by atoms with Gasteiger partial charge in [0, 0.05) is 23.5 Å². The van der Waals surface area contributed by atoms with Crippen LogP contribution >= 0.6 is 0 Å². The Hall–Kier alpha value is -2.42. The van der Waals surface area contributed by atoms with E-state index in [2.05, 4.69) is 33.5 Å². The molecule has 94 valence electrons. The molecule has 0 aliphatic heterocycles. The lowest BCUT2D eigenvalue weighted by molar-refractivity contribution is 1.04. The normalized spacial score (nSPS) is 10.6. The van der Waals surface area contributed by atoms with E-state index in [4.69, 9.17) is 0 Å². The molecule has 0 saturated carbocycles.